The van der Waals surface area contributed by atoms with Gasteiger partial charge in [-0.25, -0.2) is 9.18 Å². The molecular weight excluding hydrogens is 412 g/mol. The number of alkyl halides is 3. The fraction of sp³-hybridized carbons (Fsp3) is 0.130. The van der Waals surface area contributed by atoms with Crippen molar-refractivity contribution in [3.63, 3.8) is 0 Å². The zero-order chi connectivity index (χ0) is 22.0. The van der Waals surface area contributed by atoms with Gasteiger partial charge in [-0.1, -0.05) is 30.0 Å². The van der Waals surface area contributed by atoms with Gasteiger partial charge < -0.3 is 10.1 Å². The number of cyclic esters (lactones) is 1. The monoisotopic (exact) mass is 426 g/mol. The van der Waals surface area contributed by atoms with Gasteiger partial charge in [0.2, 0.25) is 0 Å². The van der Waals surface area contributed by atoms with Crippen LogP contribution in [0.4, 0.5) is 22.4 Å². The third-order valence-corrected chi connectivity index (χ3v) is 4.65. The fourth-order valence-corrected chi connectivity index (χ4v) is 3.24. The molecule has 8 heteroatoms. The van der Waals surface area contributed by atoms with Crippen molar-refractivity contribution in [2.75, 3.05) is 0 Å². The number of carbonyl (C=O) groups is 1. The van der Waals surface area contributed by atoms with Crippen LogP contribution in [0, 0.1) is 17.7 Å². The summed E-state index contributed by atoms with van der Waals surface area (Å²) in [6, 6.07) is 11.5. The van der Waals surface area contributed by atoms with Crippen LogP contribution in [-0.2, 0) is 10.9 Å². The Hall–Kier alpha value is -3.86. The van der Waals surface area contributed by atoms with Gasteiger partial charge in [0.05, 0.1) is 5.56 Å². The first kappa shape index (κ1) is 20.4. The van der Waals surface area contributed by atoms with E-state index in [9.17, 15) is 22.4 Å². The lowest BCUT2D eigenvalue weighted by atomic mass is 9.97. The number of amides is 1. The van der Waals surface area contributed by atoms with Crippen LogP contribution in [0.3, 0.4) is 0 Å². The molecule has 1 fully saturated rings. The van der Waals surface area contributed by atoms with Crippen molar-refractivity contribution in [3.05, 3.63) is 101 Å². The summed E-state index contributed by atoms with van der Waals surface area (Å²) in [4.78, 5) is 15.9. The maximum atomic E-state index is 13.6. The Labute approximate surface area is 174 Å². The van der Waals surface area contributed by atoms with Gasteiger partial charge in [0.1, 0.15) is 11.9 Å². The molecule has 0 spiro atoms. The van der Waals surface area contributed by atoms with Crippen molar-refractivity contribution >= 4 is 6.09 Å². The number of alkyl carbamates (subject to hydrolysis) is 1. The molecule has 1 amide bonds. The second-order valence-electron chi connectivity index (χ2n) is 6.84. The van der Waals surface area contributed by atoms with Crippen molar-refractivity contribution in [1.29, 1.82) is 0 Å². The van der Waals surface area contributed by atoms with Crippen LogP contribution in [0.1, 0.15) is 40.0 Å². The maximum Gasteiger partial charge on any atom is 0.416 e. The van der Waals surface area contributed by atoms with Crippen molar-refractivity contribution < 1.29 is 27.1 Å². The molecule has 31 heavy (non-hydrogen) atoms. The highest BCUT2D eigenvalue weighted by Crippen LogP contribution is 2.36. The number of pyridine rings is 1. The summed E-state index contributed by atoms with van der Waals surface area (Å²) < 4.78 is 57.5. The lowest BCUT2D eigenvalue weighted by molar-refractivity contribution is -0.137. The van der Waals surface area contributed by atoms with E-state index in [1.54, 1.807) is 12.1 Å². The molecule has 156 valence electrons. The van der Waals surface area contributed by atoms with E-state index in [4.69, 9.17) is 4.74 Å². The number of halogens is 4. The molecule has 4 rings (SSSR count). The molecule has 1 aromatic heterocycles. The van der Waals surface area contributed by atoms with Crippen LogP contribution in [0.25, 0.3) is 0 Å². The SMILES string of the molecule is O=C1N[C@H](c2cncc(C#Cc3cccc(C(F)(F)F)c3)c2)C(c2cccc(F)c2)O1. The van der Waals surface area contributed by atoms with Crippen molar-refractivity contribution in [1.82, 2.24) is 10.3 Å². The molecule has 0 radical (unpaired) electrons. The third kappa shape index (κ3) is 4.67. The Kier molecular flexibility index (Phi) is 5.34. The lowest BCUT2D eigenvalue weighted by Crippen LogP contribution is -2.19. The quantitative estimate of drug-likeness (QED) is 0.455. The number of aromatic nitrogens is 1. The number of rotatable bonds is 2. The summed E-state index contributed by atoms with van der Waals surface area (Å²) in [5, 5.41) is 2.67. The van der Waals surface area contributed by atoms with Gasteiger partial charge in [-0.3, -0.25) is 4.98 Å². The molecule has 2 heterocycles. The van der Waals surface area contributed by atoms with E-state index >= 15 is 0 Å². The first-order valence-corrected chi connectivity index (χ1v) is 9.16. The summed E-state index contributed by atoms with van der Waals surface area (Å²) in [6.45, 7) is 0. The van der Waals surface area contributed by atoms with Crippen LogP contribution in [0.2, 0.25) is 0 Å². The van der Waals surface area contributed by atoms with E-state index in [-0.39, 0.29) is 5.56 Å². The second-order valence-corrected chi connectivity index (χ2v) is 6.84. The highest BCUT2D eigenvalue weighted by molar-refractivity contribution is 5.71. The van der Waals surface area contributed by atoms with Crippen LogP contribution in [0.5, 0.6) is 0 Å². The zero-order valence-electron chi connectivity index (χ0n) is 15.8. The van der Waals surface area contributed by atoms with Crippen LogP contribution in [-0.4, -0.2) is 11.1 Å². The van der Waals surface area contributed by atoms with Crippen LogP contribution < -0.4 is 5.32 Å². The molecular formula is C23H14F4N2O2. The molecule has 0 saturated carbocycles. The standard InChI is InChI=1S/C23H14F4N2O2/c24-19-6-2-4-16(11-19)21-20(29-22(30)31-21)17-9-15(12-28-13-17)8-7-14-3-1-5-18(10-14)23(25,26)27/h1-6,9-13,20-21H,(H,29,30)/t20-,21?/m1/s1. The molecule has 2 aromatic carbocycles. The molecule has 1 saturated heterocycles. The minimum absolute atomic E-state index is 0.204. The van der Waals surface area contributed by atoms with E-state index in [1.807, 2.05) is 0 Å². The molecule has 2 atom stereocenters. The number of nitrogens with zero attached hydrogens (tertiary/aromatic N) is 1. The minimum Gasteiger partial charge on any atom is -0.439 e. The van der Waals surface area contributed by atoms with E-state index < -0.39 is 35.8 Å². The molecule has 1 N–H and O–H groups in total. The van der Waals surface area contributed by atoms with Gasteiger partial charge in [0.15, 0.2) is 6.10 Å². The third-order valence-electron chi connectivity index (χ3n) is 4.65. The number of hydrogen-bond acceptors (Lipinski definition) is 3. The molecule has 1 aliphatic heterocycles. The Morgan fingerprint density at radius 3 is 2.48 bits per heavy atom. The van der Waals surface area contributed by atoms with E-state index in [1.165, 1.54) is 42.7 Å². The first-order valence-electron chi connectivity index (χ1n) is 9.16. The Morgan fingerprint density at radius 2 is 1.71 bits per heavy atom. The Balaban J connectivity index is 1.62. The van der Waals surface area contributed by atoms with Gasteiger partial charge in [0.25, 0.3) is 0 Å². The Bertz CT molecular complexity index is 1200. The van der Waals surface area contributed by atoms with Crippen molar-refractivity contribution in [3.8, 4) is 11.8 Å². The number of nitrogens with one attached hydrogen (secondary N) is 1. The first-order chi connectivity index (χ1) is 14.8. The molecule has 1 aliphatic rings. The number of hydrogen-bond donors (Lipinski definition) is 1. The summed E-state index contributed by atoms with van der Waals surface area (Å²) in [5.74, 6) is 5.02. The fourth-order valence-electron chi connectivity index (χ4n) is 3.24. The van der Waals surface area contributed by atoms with Gasteiger partial charge in [-0.2, -0.15) is 13.2 Å². The lowest BCUT2D eigenvalue weighted by Gasteiger charge is -2.17. The average molecular weight is 426 g/mol. The van der Waals surface area contributed by atoms with Gasteiger partial charge in [-0.05, 0) is 47.5 Å². The van der Waals surface area contributed by atoms with E-state index in [0.717, 1.165) is 12.1 Å². The average Bonchev–Trinajstić information content (AvgIpc) is 3.14. The molecule has 1 unspecified atom stereocenters. The number of ether oxygens (including phenoxy) is 1. The molecule has 0 aliphatic carbocycles. The zero-order valence-corrected chi connectivity index (χ0v) is 15.8. The summed E-state index contributed by atoms with van der Waals surface area (Å²) in [5.41, 5.74) is 0.902. The number of carbonyl (C=O) groups excluding carboxylic acids is 1. The maximum absolute atomic E-state index is 13.6. The molecule has 4 nitrogen and oxygen atoms in total. The Morgan fingerprint density at radius 1 is 0.935 bits per heavy atom. The van der Waals surface area contributed by atoms with Crippen molar-refractivity contribution in [2.45, 2.75) is 18.3 Å². The second kappa shape index (κ2) is 8.11. The number of benzene rings is 2. The van der Waals surface area contributed by atoms with E-state index in [2.05, 4.69) is 22.1 Å². The highest BCUT2D eigenvalue weighted by atomic mass is 19.4. The predicted molar refractivity (Wildman–Crippen MR) is 103 cm³/mol. The molecule has 3 aromatic rings. The smallest absolute Gasteiger partial charge is 0.416 e. The van der Waals surface area contributed by atoms with E-state index in [0.29, 0.717) is 16.7 Å². The predicted octanol–water partition coefficient (Wildman–Crippen LogP) is 5.16. The van der Waals surface area contributed by atoms with Crippen LogP contribution in [0.15, 0.2) is 67.0 Å². The van der Waals surface area contributed by atoms with Gasteiger partial charge >= 0.3 is 12.3 Å². The summed E-state index contributed by atoms with van der Waals surface area (Å²) in [7, 11) is 0. The van der Waals surface area contributed by atoms with Gasteiger partial charge in [0, 0.05) is 23.5 Å². The minimum atomic E-state index is -4.45. The largest absolute Gasteiger partial charge is 0.439 e. The normalized spacial score (nSPS) is 18.0. The topological polar surface area (TPSA) is 51.2 Å². The summed E-state index contributed by atoms with van der Waals surface area (Å²) in [6.07, 6.45) is -2.90. The summed E-state index contributed by atoms with van der Waals surface area (Å²) >= 11 is 0. The van der Waals surface area contributed by atoms with Crippen molar-refractivity contribution in [2.24, 2.45) is 0 Å². The highest BCUT2D eigenvalue weighted by Gasteiger charge is 2.37. The van der Waals surface area contributed by atoms with Gasteiger partial charge in [-0.15, -0.1) is 0 Å². The van der Waals surface area contributed by atoms with Crippen LogP contribution >= 0.6 is 0 Å². The molecule has 0 bridgehead atoms.